The quantitative estimate of drug-likeness (QED) is 0.842. The van der Waals surface area contributed by atoms with E-state index in [0.717, 1.165) is 51.2 Å². The van der Waals surface area contributed by atoms with Crippen LogP contribution in [0.25, 0.3) is 11.5 Å². The molecule has 0 unspecified atom stereocenters. The third-order valence-electron chi connectivity index (χ3n) is 4.77. The van der Waals surface area contributed by atoms with Crippen LogP contribution in [0.2, 0.25) is 0 Å². The van der Waals surface area contributed by atoms with Crippen LogP contribution >= 0.6 is 0 Å². The summed E-state index contributed by atoms with van der Waals surface area (Å²) in [5.74, 6) is 0.248. The molecule has 8 heteroatoms. The van der Waals surface area contributed by atoms with E-state index in [9.17, 15) is 13.2 Å². The molecule has 5 nitrogen and oxygen atoms in total. The molecule has 0 saturated carbocycles. The SMILES string of the molecule is FC(F)(F)c1ccc(-c2nnc(N3CCN4CCC3CC4)o2)cc1. The van der Waals surface area contributed by atoms with E-state index in [1.54, 1.807) is 0 Å². The Balaban J connectivity index is 1.56. The van der Waals surface area contributed by atoms with Crippen molar-refractivity contribution in [1.29, 1.82) is 0 Å². The van der Waals surface area contributed by atoms with Crippen LogP contribution in [0, 0.1) is 0 Å². The van der Waals surface area contributed by atoms with E-state index < -0.39 is 11.7 Å². The first-order chi connectivity index (χ1) is 11.5. The van der Waals surface area contributed by atoms with Gasteiger partial charge in [-0.2, -0.15) is 13.2 Å². The van der Waals surface area contributed by atoms with Crippen molar-refractivity contribution in [2.75, 3.05) is 31.1 Å². The molecule has 0 spiro atoms. The van der Waals surface area contributed by atoms with Gasteiger partial charge in [-0.25, -0.2) is 0 Å². The van der Waals surface area contributed by atoms with Crippen LogP contribution in [-0.4, -0.2) is 47.3 Å². The van der Waals surface area contributed by atoms with Gasteiger partial charge in [-0.15, -0.1) is 5.10 Å². The molecule has 5 rings (SSSR count). The summed E-state index contributed by atoms with van der Waals surface area (Å²) in [5, 5.41) is 8.13. The molecule has 0 N–H and O–H groups in total. The number of benzene rings is 1. The molecule has 2 bridgehead atoms. The minimum absolute atomic E-state index is 0.248. The molecular formula is C16H17F3N4O. The molecule has 0 amide bonds. The van der Waals surface area contributed by atoms with Crippen molar-refractivity contribution in [1.82, 2.24) is 15.1 Å². The van der Waals surface area contributed by atoms with Gasteiger partial charge in [0.05, 0.1) is 5.56 Å². The zero-order chi connectivity index (χ0) is 16.7. The number of nitrogens with zero attached hydrogens (tertiary/aromatic N) is 4. The standard InChI is InChI=1S/C16H17F3N4O/c17-16(18,19)12-3-1-11(2-4-12)14-20-21-15(24-14)23-10-9-22-7-5-13(23)6-8-22/h1-4,13H,5-10H2. The van der Waals surface area contributed by atoms with Crippen LogP contribution in [0.1, 0.15) is 18.4 Å². The Morgan fingerprint density at radius 2 is 1.67 bits per heavy atom. The summed E-state index contributed by atoms with van der Waals surface area (Å²) in [4.78, 5) is 4.55. The zero-order valence-corrected chi connectivity index (χ0v) is 13.0. The van der Waals surface area contributed by atoms with Crippen molar-refractivity contribution in [2.24, 2.45) is 0 Å². The van der Waals surface area contributed by atoms with E-state index in [0.29, 0.717) is 17.6 Å². The van der Waals surface area contributed by atoms with Gasteiger partial charge >= 0.3 is 12.2 Å². The van der Waals surface area contributed by atoms with Crippen LogP contribution < -0.4 is 4.90 Å². The summed E-state index contributed by atoms with van der Waals surface area (Å²) in [6.07, 6.45) is -2.21. The third kappa shape index (κ3) is 2.86. The number of halogens is 3. The molecule has 3 aliphatic rings. The average Bonchev–Trinajstić information content (AvgIpc) is 2.87. The van der Waals surface area contributed by atoms with Gasteiger partial charge in [0, 0.05) is 37.8 Å². The lowest BCUT2D eigenvalue weighted by Gasteiger charge is -2.29. The molecule has 3 aliphatic heterocycles. The summed E-state index contributed by atoms with van der Waals surface area (Å²) in [6.45, 7) is 3.97. The lowest BCUT2D eigenvalue weighted by atomic mass is 10.1. The molecular weight excluding hydrogens is 321 g/mol. The minimum atomic E-state index is -4.35. The normalized spacial score (nSPS) is 24.2. The molecule has 128 valence electrons. The molecule has 1 aromatic heterocycles. The highest BCUT2D eigenvalue weighted by atomic mass is 19.4. The van der Waals surface area contributed by atoms with Gasteiger partial charge in [0.2, 0.25) is 5.89 Å². The lowest BCUT2D eigenvalue weighted by Crippen LogP contribution is -2.38. The maximum Gasteiger partial charge on any atom is 0.416 e. The van der Waals surface area contributed by atoms with Crippen LogP contribution in [0.15, 0.2) is 28.7 Å². The number of anilines is 1. The van der Waals surface area contributed by atoms with E-state index in [1.165, 1.54) is 12.1 Å². The summed E-state index contributed by atoms with van der Waals surface area (Å²) in [6, 6.07) is 5.63. The summed E-state index contributed by atoms with van der Waals surface area (Å²) in [7, 11) is 0. The minimum Gasteiger partial charge on any atom is -0.403 e. The van der Waals surface area contributed by atoms with Crippen LogP contribution in [0.4, 0.5) is 19.2 Å². The summed E-state index contributed by atoms with van der Waals surface area (Å²) in [5.41, 5.74) is -0.200. The lowest BCUT2D eigenvalue weighted by molar-refractivity contribution is -0.137. The predicted molar refractivity (Wildman–Crippen MR) is 81.5 cm³/mol. The zero-order valence-electron chi connectivity index (χ0n) is 13.0. The Morgan fingerprint density at radius 3 is 2.33 bits per heavy atom. The van der Waals surface area contributed by atoms with Gasteiger partial charge in [-0.05, 0) is 37.1 Å². The van der Waals surface area contributed by atoms with Gasteiger partial charge in [-0.1, -0.05) is 5.10 Å². The molecule has 24 heavy (non-hydrogen) atoms. The van der Waals surface area contributed by atoms with Crippen LogP contribution in [-0.2, 0) is 6.18 Å². The monoisotopic (exact) mass is 338 g/mol. The van der Waals surface area contributed by atoms with E-state index >= 15 is 0 Å². The average molecular weight is 338 g/mol. The Bertz CT molecular complexity index is 705. The predicted octanol–water partition coefficient (Wildman–Crippen LogP) is 3.04. The number of hydrogen-bond acceptors (Lipinski definition) is 5. The highest BCUT2D eigenvalue weighted by Crippen LogP contribution is 2.32. The van der Waals surface area contributed by atoms with Gasteiger partial charge in [0.25, 0.3) is 0 Å². The fraction of sp³-hybridized carbons (Fsp3) is 0.500. The van der Waals surface area contributed by atoms with Crippen molar-refractivity contribution in [3.05, 3.63) is 29.8 Å². The molecule has 3 fully saturated rings. The number of fused-ring (bicyclic) bond motifs is 4. The van der Waals surface area contributed by atoms with E-state index in [-0.39, 0.29) is 5.89 Å². The second-order valence-electron chi connectivity index (χ2n) is 6.23. The molecule has 0 atom stereocenters. The first-order valence-corrected chi connectivity index (χ1v) is 8.01. The Kier molecular flexibility index (Phi) is 3.71. The van der Waals surface area contributed by atoms with E-state index in [4.69, 9.17) is 4.42 Å². The summed E-state index contributed by atoms with van der Waals surface area (Å²) >= 11 is 0. The van der Waals surface area contributed by atoms with Crippen LogP contribution in [0.5, 0.6) is 0 Å². The number of hydrogen-bond donors (Lipinski definition) is 0. The van der Waals surface area contributed by atoms with Crippen molar-refractivity contribution in [3.63, 3.8) is 0 Å². The maximum atomic E-state index is 12.6. The van der Waals surface area contributed by atoms with Crippen LogP contribution in [0.3, 0.4) is 0 Å². The maximum absolute atomic E-state index is 12.6. The van der Waals surface area contributed by atoms with Gasteiger partial charge in [-0.3, -0.25) is 0 Å². The second-order valence-corrected chi connectivity index (χ2v) is 6.23. The van der Waals surface area contributed by atoms with E-state index in [2.05, 4.69) is 20.0 Å². The molecule has 0 radical (unpaired) electrons. The molecule has 3 saturated heterocycles. The highest BCUT2D eigenvalue weighted by Gasteiger charge is 2.32. The fourth-order valence-corrected chi connectivity index (χ4v) is 3.39. The van der Waals surface area contributed by atoms with Crippen molar-refractivity contribution >= 4 is 6.01 Å². The number of aromatic nitrogens is 2. The fourth-order valence-electron chi connectivity index (χ4n) is 3.39. The number of piperidine rings is 1. The first kappa shape index (κ1) is 15.4. The Morgan fingerprint density at radius 1 is 0.958 bits per heavy atom. The van der Waals surface area contributed by atoms with Gasteiger partial charge in [0.15, 0.2) is 0 Å². The molecule has 4 heterocycles. The molecule has 1 aromatic carbocycles. The van der Waals surface area contributed by atoms with Crippen molar-refractivity contribution in [2.45, 2.75) is 25.1 Å². The second kappa shape index (κ2) is 5.77. The number of rotatable bonds is 2. The van der Waals surface area contributed by atoms with E-state index in [1.807, 2.05) is 0 Å². The Labute approximate surface area is 137 Å². The highest BCUT2D eigenvalue weighted by molar-refractivity contribution is 5.54. The molecule has 0 aliphatic carbocycles. The summed E-state index contributed by atoms with van der Waals surface area (Å²) < 4.78 is 43.6. The smallest absolute Gasteiger partial charge is 0.403 e. The first-order valence-electron chi connectivity index (χ1n) is 8.01. The largest absolute Gasteiger partial charge is 0.416 e. The van der Waals surface area contributed by atoms with Crippen molar-refractivity contribution < 1.29 is 17.6 Å². The third-order valence-corrected chi connectivity index (χ3v) is 4.77. The number of alkyl halides is 3. The van der Waals surface area contributed by atoms with Gasteiger partial charge in [0.1, 0.15) is 0 Å². The Hall–Kier alpha value is -2.09. The van der Waals surface area contributed by atoms with Gasteiger partial charge < -0.3 is 14.2 Å². The molecule has 2 aromatic rings. The topological polar surface area (TPSA) is 45.4 Å². The van der Waals surface area contributed by atoms with Crippen molar-refractivity contribution in [3.8, 4) is 11.5 Å².